The number of hydrazine groups is 1. The fraction of sp³-hybridized carbons (Fsp3) is 0.190. The summed E-state index contributed by atoms with van der Waals surface area (Å²) < 4.78 is 1.22. The molecule has 0 saturated carbocycles. The molecule has 0 radical (unpaired) electrons. The minimum Gasteiger partial charge on any atom is -0.342 e. The van der Waals surface area contributed by atoms with E-state index in [4.69, 9.17) is 0 Å². The maximum absolute atomic E-state index is 12.6. The molecule has 2 amide bonds. The fourth-order valence-electron chi connectivity index (χ4n) is 3.22. The molecule has 9 heteroatoms. The zero-order chi connectivity index (χ0) is 21.1. The van der Waals surface area contributed by atoms with Crippen molar-refractivity contribution in [2.45, 2.75) is 26.3 Å². The number of para-hydroxylation sites is 2. The van der Waals surface area contributed by atoms with Crippen LogP contribution in [0.1, 0.15) is 29.7 Å². The van der Waals surface area contributed by atoms with Gasteiger partial charge < -0.3 is 4.98 Å². The quantitative estimate of drug-likeness (QED) is 0.437. The topological polar surface area (TPSA) is 122 Å². The smallest absolute Gasteiger partial charge is 0.290 e. The zero-order valence-electron chi connectivity index (χ0n) is 16.3. The Kier molecular flexibility index (Phi) is 5.25. The highest BCUT2D eigenvalue weighted by atomic mass is 16.2. The molecule has 0 atom stereocenters. The third-order valence-corrected chi connectivity index (χ3v) is 4.73. The number of amides is 2. The van der Waals surface area contributed by atoms with Gasteiger partial charge in [-0.3, -0.25) is 25.2 Å². The van der Waals surface area contributed by atoms with Crippen molar-refractivity contribution in [2.24, 2.45) is 0 Å². The third kappa shape index (κ3) is 3.77. The van der Waals surface area contributed by atoms with Crippen molar-refractivity contribution in [3.05, 3.63) is 70.4 Å². The molecule has 0 aliphatic heterocycles. The Balaban J connectivity index is 1.42. The zero-order valence-corrected chi connectivity index (χ0v) is 16.3. The summed E-state index contributed by atoms with van der Waals surface area (Å²) in [5, 5.41) is 4.97. The van der Waals surface area contributed by atoms with Crippen LogP contribution in [0.4, 0.5) is 0 Å². The molecule has 3 N–H and O–H groups in total. The number of carbonyl (C=O) groups is 2. The maximum atomic E-state index is 12.6. The second-order valence-corrected chi connectivity index (χ2v) is 6.72. The summed E-state index contributed by atoms with van der Waals surface area (Å²) in [6.45, 7) is 2.10. The lowest BCUT2D eigenvalue weighted by molar-refractivity contribution is -0.121. The maximum Gasteiger partial charge on any atom is 0.290 e. The fourth-order valence-corrected chi connectivity index (χ4v) is 3.22. The molecular formula is C21H20N6O3. The van der Waals surface area contributed by atoms with Gasteiger partial charge in [0.1, 0.15) is 5.82 Å². The molecule has 0 bridgehead atoms. The first-order valence-electron chi connectivity index (χ1n) is 9.59. The summed E-state index contributed by atoms with van der Waals surface area (Å²) in [6, 6.07) is 14.4. The van der Waals surface area contributed by atoms with Gasteiger partial charge in [0.05, 0.1) is 16.4 Å². The van der Waals surface area contributed by atoms with Crippen molar-refractivity contribution < 1.29 is 9.59 Å². The number of H-pyrrole nitrogens is 1. The van der Waals surface area contributed by atoms with Gasteiger partial charge in [0.2, 0.25) is 5.91 Å². The summed E-state index contributed by atoms with van der Waals surface area (Å²) >= 11 is 0. The summed E-state index contributed by atoms with van der Waals surface area (Å²) in [4.78, 5) is 44.7. The number of hydrogen-bond donors (Lipinski definition) is 3. The molecule has 152 valence electrons. The van der Waals surface area contributed by atoms with Gasteiger partial charge in [0, 0.05) is 24.8 Å². The van der Waals surface area contributed by atoms with Gasteiger partial charge in [-0.25, -0.2) is 9.67 Å². The normalized spacial score (nSPS) is 11.0. The van der Waals surface area contributed by atoms with Crippen LogP contribution in [0.3, 0.4) is 0 Å². The van der Waals surface area contributed by atoms with Gasteiger partial charge >= 0.3 is 0 Å². The number of hydrogen-bond acceptors (Lipinski definition) is 5. The first kappa shape index (κ1) is 19.3. The van der Waals surface area contributed by atoms with Crippen LogP contribution in [0.2, 0.25) is 0 Å². The van der Waals surface area contributed by atoms with Crippen molar-refractivity contribution in [1.29, 1.82) is 0 Å². The number of fused-ring (bicyclic) bond motifs is 2. The predicted molar refractivity (Wildman–Crippen MR) is 112 cm³/mol. The molecule has 4 aromatic rings. The SMILES string of the molecule is CCn1nc(C(=O)NNC(=O)CCc2nc3ccccc3[nH]2)c2ccccc2c1=O. The monoisotopic (exact) mass is 404 g/mol. The van der Waals surface area contributed by atoms with Crippen LogP contribution < -0.4 is 16.4 Å². The number of nitrogens with zero attached hydrogens (tertiary/aromatic N) is 3. The van der Waals surface area contributed by atoms with E-state index in [0.717, 1.165) is 11.0 Å². The first-order chi connectivity index (χ1) is 14.6. The molecule has 30 heavy (non-hydrogen) atoms. The van der Waals surface area contributed by atoms with E-state index in [2.05, 4.69) is 25.9 Å². The molecule has 0 saturated heterocycles. The lowest BCUT2D eigenvalue weighted by Gasteiger charge is -2.10. The minimum absolute atomic E-state index is 0.0737. The molecule has 0 aliphatic carbocycles. The van der Waals surface area contributed by atoms with Crippen LogP contribution in [0.15, 0.2) is 53.3 Å². The molecular weight excluding hydrogens is 384 g/mol. The van der Waals surface area contributed by atoms with E-state index in [-0.39, 0.29) is 23.6 Å². The van der Waals surface area contributed by atoms with Crippen molar-refractivity contribution >= 4 is 33.6 Å². The van der Waals surface area contributed by atoms with Gasteiger partial charge in [0.15, 0.2) is 5.69 Å². The number of nitrogens with one attached hydrogen (secondary N) is 3. The molecule has 2 aromatic heterocycles. The van der Waals surface area contributed by atoms with Gasteiger partial charge in [-0.05, 0) is 25.1 Å². The Morgan fingerprint density at radius 2 is 1.77 bits per heavy atom. The summed E-state index contributed by atoms with van der Waals surface area (Å²) in [6.07, 6.45) is 0.543. The van der Waals surface area contributed by atoms with Crippen LogP contribution in [-0.2, 0) is 17.8 Å². The standard InChI is InChI=1S/C21H20N6O3/c1-2-27-21(30)14-8-4-3-7-13(14)19(26-27)20(29)25-24-18(28)12-11-17-22-15-9-5-6-10-16(15)23-17/h3-10H,2,11-12H2,1H3,(H,22,23)(H,24,28)(H,25,29). The highest BCUT2D eigenvalue weighted by Gasteiger charge is 2.17. The van der Waals surface area contributed by atoms with E-state index in [1.165, 1.54) is 4.68 Å². The number of imidazole rings is 1. The van der Waals surface area contributed by atoms with Crippen LogP contribution >= 0.6 is 0 Å². The van der Waals surface area contributed by atoms with E-state index >= 15 is 0 Å². The Labute approximate surface area is 171 Å². The molecule has 0 spiro atoms. The number of carbonyl (C=O) groups excluding carboxylic acids is 2. The van der Waals surface area contributed by atoms with Crippen molar-refractivity contribution in [2.75, 3.05) is 0 Å². The first-order valence-corrected chi connectivity index (χ1v) is 9.59. The van der Waals surface area contributed by atoms with Crippen LogP contribution in [-0.4, -0.2) is 31.6 Å². The number of aryl methyl sites for hydroxylation is 2. The predicted octanol–water partition coefficient (Wildman–Crippen LogP) is 1.69. The molecule has 2 heterocycles. The van der Waals surface area contributed by atoms with E-state index in [1.54, 1.807) is 31.2 Å². The van der Waals surface area contributed by atoms with Gasteiger partial charge in [-0.2, -0.15) is 5.10 Å². The lowest BCUT2D eigenvalue weighted by Crippen LogP contribution is -2.42. The van der Waals surface area contributed by atoms with E-state index in [9.17, 15) is 14.4 Å². The average molecular weight is 404 g/mol. The van der Waals surface area contributed by atoms with Crippen molar-refractivity contribution in [1.82, 2.24) is 30.6 Å². The molecule has 9 nitrogen and oxygen atoms in total. The molecule has 4 rings (SSSR count). The Morgan fingerprint density at radius 3 is 2.53 bits per heavy atom. The molecule has 2 aromatic carbocycles. The minimum atomic E-state index is -0.592. The highest BCUT2D eigenvalue weighted by Crippen LogP contribution is 2.13. The van der Waals surface area contributed by atoms with E-state index < -0.39 is 5.91 Å². The Hall–Kier alpha value is -4.01. The Morgan fingerprint density at radius 1 is 1.03 bits per heavy atom. The molecule has 0 aliphatic rings. The molecule has 0 unspecified atom stereocenters. The van der Waals surface area contributed by atoms with E-state index in [0.29, 0.717) is 29.6 Å². The van der Waals surface area contributed by atoms with Crippen LogP contribution in [0.25, 0.3) is 21.8 Å². The van der Waals surface area contributed by atoms with E-state index in [1.807, 2.05) is 24.3 Å². The number of aromatic nitrogens is 4. The largest absolute Gasteiger partial charge is 0.342 e. The van der Waals surface area contributed by atoms with Gasteiger partial charge in [0.25, 0.3) is 11.5 Å². The summed E-state index contributed by atoms with van der Waals surface area (Å²) in [5.74, 6) is -0.261. The van der Waals surface area contributed by atoms with Crippen LogP contribution in [0.5, 0.6) is 0 Å². The van der Waals surface area contributed by atoms with Crippen molar-refractivity contribution in [3.8, 4) is 0 Å². The van der Waals surface area contributed by atoms with Crippen LogP contribution in [0, 0.1) is 0 Å². The third-order valence-electron chi connectivity index (χ3n) is 4.73. The second-order valence-electron chi connectivity index (χ2n) is 6.72. The van der Waals surface area contributed by atoms with Gasteiger partial charge in [-0.15, -0.1) is 0 Å². The highest BCUT2D eigenvalue weighted by molar-refractivity contribution is 6.05. The summed E-state index contributed by atoms with van der Waals surface area (Å²) in [7, 11) is 0. The summed E-state index contributed by atoms with van der Waals surface area (Å²) in [5.41, 5.74) is 6.33. The Bertz CT molecular complexity index is 1270. The van der Waals surface area contributed by atoms with Crippen molar-refractivity contribution in [3.63, 3.8) is 0 Å². The number of benzene rings is 2. The lowest BCUT2D eigenvalue weighted by atomic mass is 10.1. The number of aromatic amines is 1. The average Bonchev–Trinajstić information content (AvgIpc) is 3.19. The molecule has 0 fully saturated rings. The van der Waals surface area contributed by atoms with Gasteiger partial charge in [-0.1, -0.05) is 30.3 Å². The number of rotatable bonds is 5. The second kappa shape index (κ2) is 8.16.